The Morgan fingerprint density at radius 2 is 1.23 bits per heavy atom. The van der Waals surface area contributed by atoms with Gasteiger partial charge in [-0.15, -0.1) is 0 Å². The molecule has 2 N–H and O–H groups in total. The number of carbonyl (C=O) groups excluding carboxylic acids is 2. The van der Waals surface area contributed by atoms with Gasteiger partial charge in [0.2, 0.25) is 5.54 Å². The molecular formula is C24H25N3O4. The molecule has 31 heavy (non-hydrogen) atoms. The molecule has 2 unspecified atom stereocenters. The lowest BCUT2D eigenvalue weighted by Crippen LogP contribution is -2.75. The van der Waals surface area contributed by atoms with Crippen LogP contribution >= 0.6 is 0 Å². The summed E-state index contributed by atoms with van der Waals surface area (Å²) in [6, 6.07) is 17.9. The van der Waals surface area contributed by atoms with Gasteiger partial charge in [-0.25, -0.2) is 0 Å². The summed E-state index contributed by atoms with van der Waals surface area (Å²) in [4.78, 5) is 38.0. The lowest BCUT2D eigenvalue weighted by molar-refractivity contribution is -0.590. The number of hydrogen-bond donors (Lipinski definition) is 2. The lowest BCUT2D eigenvalue weighted by atomic mass is 9.47. The van der Waals surface area contributed by atoms with Crippen LogP contribution in [0.15, 0.2) is 60.7 Å². The Kier molecular flexibility index (Phi) is 4.39. The summed E-state index contributed by atoms with van der Waals surface area (Å²) in [5, 5.41) is 18.6. The molecule has 0 heterocycles. The molecule has 2 atom stereocenters. The topological polar surface area (TPSA) is 101 Å². The van der Waals surface area contributed by atoms with Gasteiger partial charge in [0.1, 0.15) is 0 Å². The first-order chi connectivity index (χ1) is 14.8. The molecule has 6 rings (SSSR count). The monoisotopic (exact) mass is 419 g/mol. The van der Waals surface area contributed by atoms with Gasteiger partial charge in [0.25, 0.3) is 11.8 Å². The lowest BCUT2D eigenvalue weighted by Gasteiger charge is -2.62. The fourth-order valence-electron chi connectivity index (χ4n) is 6.67. The largest absolute Gasteiger partial charge is 0.346 e. The number of hydrogen-bond acceptors (Lipinski definition) is 4. The molecule has 0 aliphatic heterocycles. The summed E-state index contributed by atoms with van der Waals surface area (Å²) in [7, 11) is 0. The third-order valence-electron chi connectivity index (χ3n) is 7.26. The van der Waals surface area contributed by atoms with Crippen molar-refractivity contribution in [1.29, 1.82) is 0 Å². The van der Waals surface area contributed by atoms with E-state index in [1.807, 2.05) is 12.1 Å². The van der Waals surface area contributed by atoms with Crippen molar-refractivity contribution in [2.45, 2.75) is 55.1 Å². The summed E-state index contributed by atoms with van der Waals surface area (Å²) in [6.07, 6.45) is 3.07. The minimum Gasteiger partial charge on any atom is -0.346 e. The van der Waals surface area contributed by atoms with Gasteiger partial charge in [0.05, 0.1) is 0 Å². The molecule has 4 saturated carbocycles. The summed E-state index contributed by atoms with van der Waals surface area (Å²) < 4.78 is 0. The standard InChI is InChI=1S/C24H25N3O4/c28-20(18-7-3-1-4-8-18)25-22-11-17-12-23(14-22,16-24(13-17,15-22)27(30)31)26-21(29)19-9-5-2-6-10-19/h1-10,17H,11-16H2,(H,25,28)(H,26,29). The van der Waals surface area contributed by atoms with E-state index < -0.39 is 16.6 Å². The van der Waals surface area contributed by atoms with E-state index >= 15 is 0 Å². The third kappa shape index (κ3) is 3.38. The first-order valence-electron chi connectivity index (χ1n) is 10.7. The van der Waals surface area contributed by atoms with Crippen LogP contribution in [-0.4, -0.2) is 33.4 Å². The van der Waals surface area contributed by atoms with E-state index in [1.54, 1.807) is 48.5 Å². The van der Waals surface area contributed by atoms with Gasteiger partial charge in [-0.3, -0.25) is 19.7 Å². The van der Waals surface area contributed by atoms with Gasteiger partial charge < -0.3 is 10.6 Å². The Balaban J connectivity index is 1.47. The van der Waals surface area contributed by atoms with Crippen LogP contribution in [0.1, 0.15) is 59.2 Å². The van der Waals surface area contributed by atoms with Crippen molar-refractivity contribution in [2.24, 2.45) is 5.92 Å². The molecule has 2 amide bonds. The molecule has 0 aromatic heterocycles. The normalized spacial score (nSPS) is 33.0. The van der Waals surface area contributed by atoms with Crippen molar-refractivity contribution >= 4 is 11.8 Å². The number of rotatable bonds is 5. The highest BCUT2D eigenvalue weighted by Crippen LogP contribution is 2.60. The second-order valence-corrected chi connectivity index (χ2v) is 9.69. The zero-order valence-electron chi connectivity index (χ0n) is 17.2. The van der Waals surface area contributed by atoms with E-state index in [9.17, 15) is 19.7 Å². The van der Waals surface area contributed by atoms with Crippen LogP contribution in [0, 0.1) is 16.0 Å². The predicted octanol–water partition coefficient (Wildman–Crippen LogP) is 3.34. The van der Waals surface area contributed by atoms with Crippen LogP contribution in [0.5, 0.6) is 0 Å². The molecule has 4 aliphatic rings. The Hall–Kier alpha value is -3.22. The molecule has 2 aromatic rings. The molecular weight excluding hydrogens is 394 g/mol. The minimum absolute atomic E-state index is 0.0915. The maximum absolute atomic E-state index is 13.0. The van der Waals surface area contributed by atoms with E-state index in [1.165, 1.54) is 0 Å². The van der Waals surface area contributed by atoms with Gasteiger partial charge in [0.15, 0.2) is 0 Å². The molecule has 4 bridgehead atoms. The first-order valence-corrected chi connectivity index (χ1v) is 10.7. The highest BCUT2D eigenvalue weighted by molar-refractivity contribution is 5.95. The van der Waals surface area contributed by atoms with Gasteiger partial charge in [-0.05, 0) is 49.4 Å². The molecule has 7 heteroatoms. The number of nitrogens with one attached hydrogen (secondary N) is 2. The van der Waals surface area contributed by atoms with Gasteiger partial charge >= 0.3 is 0 Å². The number of carbonyl (C=O) groups is 2. The van der Waals surface area contributed by atoms with Crippen LogP contribution in [0.2, 0.25) is 0 Å². The number of benzene rings is 2. The zero-order chi connectivity index (χ0) is 21.7. The predicted molar refractivity (Wildman–Crippen MR) is 114 cm³/mol. The Labute approximate surface area is 180 Å². The summed E-state index contributed by atoms with van der Waals surface area (Å²) >= 11 is 0. The highest BCUT2D eigenvalue weighted by atomic mass is 16.6. The maximum Gasteiger partial charge on any atom is 0.251 e. The number of nitro groups is 1. The van der Waals surface area contributed by atoms with Crippen molar-refractivity contribution in [2.75, 3.05) is 0 Å². The van der Waals surface area contributed by atoms with E-state index in [0.717, 1.165) is 0 Å². The summed E-state index contributed by atoms with van der Waals surface area (Å²) in [5.41, 5.74) is -1.42. The average molecular weight is 419 g/mol. The second-order valence-electron chi connectivity index (χ2n) is 9.69. The van der Waals surface area contributed by atoms with E-state index in [2.05, 4.69) is 10.6 Å². The Morgan fingerprint density at radius 1 is 0.774 bits per heavy atom. The molecule has 0 saturated heterocycles. The van der Waals surface area contributed by atoms with E-state index in [-0.39, 0.29) is 22.7 Å². The molecule has 4 fully saturated rings. The van der Waals surface area contributed by atoms with Crippen LogP contribution in [0.3, 0.4) is 0 Å². The zero-order valence-corrected chi connectivity index (χ0v) is 17.2. The summed E-state index contributed by atoms with van der Waals surface area (Å²) in [5.74, 6) is -0.343. The highest BCUT2D eigenvalue weighted by Gasteiger charge is 2.69. The SMILES string of the molecule is O=C(NC12CC3CC(NC(=O)c4ccccc4)(C1)CC([N+](=O)[O-])(C3)C2)c1ccccc1. The van der Waals surface area contributed by atoms with Crippen LogP contribution < -0.4 is 10.6 Å². The van der Waals surface area contributed by atoms with Crippen LogP contribution in [0.4, 0.5) is 0 Å². The second kappa shape index (κ2) is 6.90. The van der Waals surface area contributed by atoms with Crippen molar-refractivity contribution in [1.82, 2.24) is 10.6 Å². The molecule has 4 aliphatic carbocycles. The summed E-state index contributed by atoms with van der Waals surface area (Å²) in [6.45, 7) is 0. The number of amides is 2. The smallest absolute Gasteiger partial charge is 0.251 e. The van der Waals surface area contributed by atoms with E-state index in [4.69, 9.17) is 0 Å². The molecule has 160 valence electrons. The van der Waals surface area contributed by atoms with Crippen molar-refractivity contribution in [3.63, 3.8) is 0 Å². The van der Waals surface area contributed by atoms with E-state index in [0.29, 0.717) is 49.7 Å². The van der Waals surface area contributed by atoms with Gasteiger partial charge in [0, 0.05) is 46.4 Å². The fraction of sp³-hybridized carbons (Fsp3) is 0.417. The molecule has 0 radical (unpaired) electrons. The van der Waals surface area contributed by atoms with Crippen molar-refractivity contribution < 1.29 is 14.5 Å². The van der Waals surface area contributed by atoms with Gasteiger partial charge in [-0.2, -0.15) is 0 Å². The van der Waals surface area contributed by atoms with Crippen molar-refractivity contribution in [3.8, 4) is 0 Å². The Morgan fingerprint density at radius 3 is 1.65 bits per heavy atom. The fourth-order valence-corrected chi connectivity index (χ4v) is 6.67. The van der Waals surface area contributed by atoms with Crippen LogP contribution in [0.25, 0.3) is 0 Å². The van der Waals surface area contributed by atoms with Crippen molar-refractivity contribution in [3.05, 3.63) is 81.9 Å². The third-order valence-corrected chi connectivity index (χ3v) is 7.26. The van der Waals surface area contributed by atoms with Crippen LogP contribution in [-0.2, 0) is 0 Å². The number of nitrogens with zero attached hydrogens (tertiary/aromatic N) is 1. The quantitative estimate of drug-likeness (QED) is 0.573. The molecule has 0 spiro atoms. The first kappa shape index (κ1) is 19.7. The minimum atomic E-state index is -1.12. The maximum atomic E-state index is 13.0. The average Bonchev–Trinajstić information content (AvgIpc) is 2.73. The molecule has 2 aromatic carbocycles. The molecule has 7 nitrogen and oxygen atoms in total. The van der Waals surface area contributed by atoms with Gasteiger partial charge in [-0.1, -0.05) is 36.4 Å². The Bertz CT molecular complexity index is 970.